The molecule has 20 heavy (non-hydrogen) atoms. The van der Waals surface area contributed by atoms with Gasteiger partial charge in [0.2, 0.25) is 17.7 Å². The minimum atomic E-state index is -0.980. The van der Waals surface area contributed by atoms with Crippen molar-refractivity contribution in [2.45, 2.75) is 18.9 Å². The van der Waals surface area contributed by atoms with Gasteiger partial charge >= 0.3 is 5.97 Å². The third-order valence-corrected chi connectivity index (χ3v) is 2.54. The van der Waals surface area contributed by atoms with Crippen molar-refractivity contribution in [3.63, 3.8) is 0 Å². The number of carbonyl (C=O) groups is 1. The zero-order chi connectivity index (χ0) is 15.0. The van der Waals surface area contributed by atoms with E-state index in [4.69, 9.17) is 19.3 Å². The number of aromatic nitrogens is 2. The Morgan fingerprint density at radius 3 is 2.35 bits per heavy atom. The number of nitrogens with one attached hydrogen (secondary N) is 1. The van der Waals surface area contributed by atoms with Crippen LogP contribution in [0.25, 0.3) is 0 Å². The normalized spacial score (nSPS) is 11.8. The number of methoxy groups -OCH3 is 3. The number of anilines is 1. The summed E-state index contributed by atoms with van der Waals surface area (Å²) in [6, 6.07) is 0.702. The van der Waals surface area contributed by atoms with Crippen LogP contribution in [-0.4, -0.2) is 55.0 Å². The van der Waals surface area contributed by atoms with E-state index in [1.54, 1.807) is 7.11 Å². The molecule has 1 aromatic rings. The Kier molecular flexibility index (Phi) is 6.51. The maximum Gasteiger partial charge on any atom is 0.326 e. The highest BCUT2D eigenvalue weighted by molar-refractivity contribution is 5.76. The number of ether oxygens (including phenoxy) is 3. The van der Waals surface area contributed by atoms with E-state index in [-0.39, 0.29) is 5.95 Å². The van der Waals surface area contributed by atoms with Crippen LogP contribution in [0, 0.1) is 0 Å². The van der Waals surface area contributed by atoms with E-state index in [2.05, 4.69) is 15.3 Å². The summed E-state index contributed by atoms with van der Waals surface area (Å²) in [5, 5.41) is 11.9. The number of rotatable bonds is 9. The average Bonchev–Trinajstić information content (AvgIpc) is 2.45. The number of carboxylic acids is 1. The van der Waals surface area contributed by atoms with Gasteiger partial charge in [0.25, 0.3) is 0 Å². The van der Waals surface area contributed by atoms with Crippen molar-refractivity contribution < 1.29 is 24.1 Å². The molecule has 1 rings (SSSR count). The molecule has 8 nitrogen and oxygen atoms in total. The first-order valence-corrected chi connectivity index (χ1v) is 6.06. The lowest BCUT2D eigenvalue weighted by molar-refractivity contribution is -0.138. The van der Waals surface area contributed by atoms with Crippen LogP contribution >= 0.6 is 0 Å². The van der Waals surface area contributed by atoms with Gasteiger partial charge in [0.15, 0.2) is 0 Å². The van der Waals surface area contributed by atoms with E-state index < -0.39 is 12.0 Å². The summed E-state index contributed by atoms with van der Waals surface area (Å²) >= 11 is 0. The summed E-state index contributed by atoms with van der Waals surface area (Å²) in [7, 11) is 4.48. The van der Waals surface area contributed by atoms with Gasteiger partial charge in [-0.05, 0) is 12.8 Å². The molecule has 0 aliphatic carbocycles. The standard InChI is InChI=1S/C12H19N3O5/c1-18-6-4-5-8(11(16)17)13-12-14-9(19-2)7-10(15-12)20-3/h7-8H,4-6H2,1-3H3,(H,16,17)(H,13,14,15). The second-order valence-electron chi connectivity index (χ2n) is 3.95. The van der Waals surface area contributed by atoms with Crippen LogP contribution in [0.4, 0.5) is 5.95 Å². The zero-order valence-electron chi connectivity index (χ0n) is 11.8. The van der Waals surface area contributed by atoms with E-state index in [0.29, 0.717) is 31.2 Å². The third kappa shape index (κ3) is 4.88. The maximum absolute atomic E-state index is 11.2. The van der Waals surface area contributed by atoms with Crippen molar-refractivity contribution in [1.29, 1.82) is 0 Å². The first-order chi connectivity index (χ1) is 9.60. The SMILES string of the molecule is COCCCC(Nc1nc(OC)cc(OC)n1)C(=O)O. The van der Waals surface area contributed by atoms with Gasteiger partial charge in [-0.1, -0.05) is 0 Å². The van der Waals surface area contributed by atoms with Crippen LogP contribution in [0.1, 0.15) is 12.8 Å². The fourth-order valence-corrected chi connectivity index (χ4v) is 1.52. The lowest BCUT2D eigenvalue weighted by Gasteiger charge is -2.15. The second-order valence-corrected chi connectivity index (χ2v) is 3.95. The molecule has 1 unspecified atom stereocenters. The third-order valence-electron chi connectivity index (χ3n) is 2.54. The van der Waals surface area contributed by atoms with Crippen molar-refractivity contribution >= 4 is 11.9 Å². The molecular formula is C12H19N3O5. The molecule has 1 atom stereocenters. The highest BCUT2D eigenvalue weighted by atomic mass is 16.5. The zero-order valence-corrected chi connectivity index (χ0v) is 11.8. The largest absolute Gasteiger partial charge is 0.481 e. The van der Waals surface area contributed by atoms with Crippen LogP contribution in [0.5, 0.6) is 11.8 Å². The van der Waals surface area contributed by atoms with E-state index in [1.165, 1.54) is 20.3 Å². The van der Waals surface area contributed by atoms with E-state index in [9.17, 15) is 4.79 Å². The number of nitrogens with zero attached hydrogens (tertiary/aromatic N) is 2. The summed E-state index contributed by atoms with van der Waals surface area (Å²) in [4.78, 5) is 19.2. The molecule has 0 fully saturated rings. The number of aliphatic carboxylic acids is 1. The fraction of sp³-hybridized carbons (Fsp3) is 0.583. The molecule has 0 aliphatic rings. The summed E-state index contributed by atoms with van der Waals surface area (Å²) < 4.78 is 14.9. The summed E-state index contributed by atoms with van der Waals surface area (Å²) in [6.45, 7) is 0.494. The molecule has 0 saturated heterocycles. The van der Waals surface area contributed by atoms with Gasteiger partial charge in [0.1, 0.15) is 6.04 Å². The van der Waals surface area contributed by atoms with Crippen molar-refractivity contribution in [3.8, 4) is 11.8 Å². The molecular weight excluding hydrogens is 266 g/mol. The molecule has 0 aliphatic heterocycles. The van der Waals surface area contributed by atoms with Gasteiger partial charge in [-0.2, -0.15) is 9.97 Å². The smallest absolute Gasteiger partial charge is 0.326 e. The summed E-state index contributed by atoms with van der Waals surface area (Å²) in [6.07, 6.45) is 1.01. The molecule has 0 saturated carbocycles. The fourth-order valence-electron chi connectivity index (χ4n) is 1.52. The molecule has 1 aromatic heterocycles. The molecule has 8 heteroatoms. The molecule has 2 N–H and O–H groups in total. The molecule has 0 aromatic carbocycles. The monoisotopic (exact) mass is 285 g/mol. The summed E-state index contributed by atoms with van der Waals surface area (Å²) in [5.74, 6) is -0.252. The minimum Gasteiger partial charge on any atom is -0.481 e. The minimum absolute atomic E-state index is 0.144. The number of carboxylic acid groups (broad SMARTS) is 1. The van der Waals surface area contributed by atoms with E-state index in [0.717, 1.165) is 0 Å². The predicted molar refractivity (Wildman–Crippen MR) is 71.3 cm³/mol. The van der Waals surface area contributed by atoms with Gasteiger partial charge in [-0.25, -0.2) is 4.79 Å². The van der Waals surface area contributed by atoms with E-state index in [1.807, 2.05) is 0 Å². The van der Waals surface area contributed by atoms with Crippen LogP contribution in [0.15, 0.2) is 6.07 Å². The van der Waals surface area contributed by atoms with Crippen LogP contribution < -0.4 is 14.8 Å². The lowest BCUT2D eigenvalue weighted by atomic mass is 10.1. The second kappa shape index (κ2) is 8.16. The molecule has 1 heterocycles. The molecule has 0 amide bonds. The van der Waals surface area contributed by atoms with Gasteiger partial charge in [0, 0.05) is 13.7 Å². The van der Waals surface area contributed by atoms with Crippen LogP contribution in [0.2, 0.25) is 0 Å². The number of hydrogen-bond acceptors (Lipinski definition) is 7. The van der Waals surface area contributed by atoms with Crippen LogP contribution in [-0.2, 0) is 9.53 Å². The highest BCUT2D eigenvalue weighted by Crippen LogP contribution is 2.18. The van der Waals surface area contributed by atoms with Gasteiger partial charge in [-0.3, -0.25) is 0 Å². The Hall–Kier alpha value is -2.09. The maximum atomic E-state index is 11.2. The Bertz CT molecular complexity index is 419. The van der Waals surface area contributed by atoms with E-state index >= 15 is 0 Å². The van der Waals surface area contributed by atoms with Gasteiger partial charge in [-0.15, -0.1) is 0 Å². The summed E-state index contributed by atoms with van der Waals surface area (Å²) in [5.41, 5.74) is 0. The van der Waals surface area contributed by atoms with Crippen LogP contribution in [0.3, 0.4) is 0 Å². The number of hydrogen-bond donors (Lipinski definition) is 2. The highest BCUT2D eigenvalue weighted by Gasteiger charge is 2.18. The predicted octanol–water partition coefficient (Wildman–Crippen LogP) is 0.785. The topological polar surface area (TPSA) is 103 Å². The first-order valence-electron chi connectivity index (χ1n) is 6.06. The Morgan fingerprint density at radius 2 is 1.90 bits per heavy atom. The van der Waals surface area contributed by atoms with Crippen molar-refractivity contribution in [2.75, 3.05) is 33.3 Å². The molecule has 112 valence electrons. The quantitative estimate of drug-likeness (QED) is 0.642. The van der Waals surface area contributed by atoms with Crippen molar-refractivity contribution in [2.24, 2.45) is 0 Å². The Morgan fingerprint density at radius 1 is 1.30 bits per heavy atom. The Labute approximate surface area is 117 Å². The first kappa shape index (κ1) is 16.0. The van der Waals surface area contributed by atoms with Crippen molar-refractivity contribution in [3.05, 3.63) is 6.07 Å². The van der Waals surface area contributed by atoms with Crippen molar-refractivity contribution in [1.82, 2.24) is 9.97 Å². The Balaban J connectivity index is 2.79. The van der Waals surface area contributed by atoms with Gasteiger partial charge < -0.3 is 24.6 Å². The molecule has 0 radical (unpaired) electrons. The molecule has 0 spiro atoms. The van der Waals surface area contributed by atoms with Gasteiger partial charge in [0.05, 0.1) is 20.3 Å². The lowest BCUT2D eigenvalue weighted by Crippen LogP contribution is -2.30. The molecule has 0 bridgehead atoms. The average molecular weight is 285 g/mol.